The number of hydrogen-bond acceptors (Lipinski definition) is 1. The van der Waals surface area contributed by atoms with Crippen molar-refractivity contribution in [3.8, 4) is 0 Å². The summed E-state index contributed by atoms with van der Waals surface area (Å²) in [6.45, 7) is 2.25. The minimum Gasteiger partial charge on any atom is -0.299 e. The van der Waals surface area contributed by atoms with E-state index in [1.54, 1.807) is 6.08 Å². The number of hydrogen-bond donors (Lipinski definition) is 0. The van der Waals surface area contributed by atoms with Crippen molar-refractivity contribution >= 4 is 6.29 Å². The molecule has 0 aromatic rings. The summed E-state index contributed by atoms with van der Waals surface area (Å²) >= 11 is 0. The van der Waals surface area contributed by atoms with E-state index in [4.69, 9.17) is 0 Å². The van der Waals surface area contributed by atoms with Gasteiger partial charge in [-0.2, -0.15) is 0 Å². The molecule has 0 aromatic carbocycles. The van der Waals surface area contributed by atoms with Crippen LogP contribution in [-0.2, 0) is 4.79 Å². The van der Waals surface area contributed by atoms with Crippen molar-refractivity contribution in [2.24, 2.45) is 0 Å². The van der Waals surface area contributed by atoms with E-state index in [1.165, 1.54) is 51.0 Å². The van der Waals surface area contributed by atoms with Crippen LogP contribution >= 0.6 is 0 Å². The molecule has 1 heteroatoms. The van der Waals surface area contributed by atoms with E-state index in [9.17, 15) is 4.79 Å². The molecule has 0 aromatic heterocycles. The van der Waals surface area contributed by atoms with Crippen molar-refractivity contribution < 1.29 is 4.79 Å². The maximum atomic E-state index is 9.97. The summed E-state index contributed by atoms with van der Waals surface area (Å²) in [6, 6.07) is 0. The first-order valence-electron chi connectivity index (χ1n) is 6.85. The first kappa shape index (κ1) is 15.9. The zero-order valence-corrected chi connectivity index (χ0v) is 11.1. The summed E-state index contributed by atoms with van der Waals surface area (Å²) in [5.74, 6) is 0. The Bertz CT molecular complexity index is 236. The van der Waals surface area contributed by atoms with Gasteiger partial charge in [-0.05, 0) is 18.9 Å². The van der Waals surface area contributed by atoms with Crippen molar-refractivity contribution in [2.75, 3.05) is 0 Å². The molecule has 0 aliphatic carbocycles. The van der Waals surface area contributed by atoms with E-state index in [0.717, 1.165) is 12.7 Å². The summed E-state index contributed by atoms with van der Waals surface area (Å²) in [7, 11) is 0. The van der Waals surface area contributed by atoms with E-state index >= 15 is 0 Å². The third-order valence-electron chi connectivity index (χ3n) is 2.63. The smallest absolute Gasteiger partial charge is 0.142 e. The number of carbonyl (C=O) groups is 1. The molecular weight excluding hydrogens is 208 g/mol. The lowest BCUT2D eigenvalue weighted by Crippen LogP contribution is -1.78. The van der Waals surface area contributed by atoms with Gasteiger partial charge >= 0.3 is 0 Å². The fourth-order valence-electron chi connectivity index (χ4n) is 1.63. The Hall–Kier alpha value is -1.11. The van der Waals surface area contributed by atoms with Gasteiger partial charge in [-0.25, -0.2) is 0 Å². The fraction of sp³-hybridized carbons (Fsp3) is 0.562. The molecule has 0 aliphatic rings. The lowest BCUT2D eigenvalue weighted by atomic mass is 10.1. The van der Waals surface area contributed by atoms with Crippen molar-refractivity contribution in [3.05, 3.63) is 36.5 Å². The number of allylic oxidation sites excluding steroid dienone is 6. The van der Waals surface area contributed by atoms with Crippen LogP contribution in [-0.4, -0.2) is 6.29 Å². The average Bonchev–Trinajstić information content (AvgIpc) is 2.35. The molecule has 0 radical (unpaired) electrons. The van der Waals surface area contributed by atoms with Crippen molar-refractivity contribution in [3.63, 3.8) is 0 Å². The molecule has 0 N–H and O–H groups in total. The molecule has 0 spiro atoms. The molecule has 0 bridgehead atoms. The van der Waals surface area contributed by atoms with Crippen LogP contribution in [0.3, 0.4) is 0 Å². The highest BCUT2D eigenvalue weighted by molar-refractivity contribution is 5.65. The second-order valence-corrected chi connectivity index (χ2v) is 4.24. The lowest BCUT2D eigenvalue weighted by molar-refractivity contribution is -0.104. The molecule has 1 nitrogen and oxygen atoms in total. The number of aldehydes is 1. The molecule has 0 saturated heterocycles. The van der Waals surface area contributed by atoms with Crippen molar-refractivity contribution in [2.45, 2.75) is 58.3 Å². The molecule has 0 fully saturated rings. The molecule has 0 aliphatic heterocycles. The molecule has 0 rings (SSSR count). The Kier molecular flexibility index (Phi) is 13.9. The molecule has 17 heavy (non-hydrogen) atoms. The summed E-state index contributed by atoms with van der Waals surface area (Å²) < 4.78 is 0. The van der Waals surface area contributed by atoms with Crippen LogP contribution in [0.1, 0.15) is 58.3 Å². The predicted octanol–water partition coefficient (Wildman–Crippen LogP) is 4.99. The van der Waals surface area contributed by atoms with Gasteiger partial charge in [-0.3, -0.25) is 4.79 Å². The maximum Gasteiger partial charge on any atom is 0.142 e. The molecule has 96 valence electrons. The molecule has 0 atom stereocenters. The minimum atomic E-state index is 0.784. The standard InChI is InChI=1S/C16H26O/c1-2-3-4-5-6-7-8-9-10-11-12-13-14-15-16-17/h10-16H,2-9H2,1H3/b11-10-,13-12+,15-14?. The Morgan fingerprint density at radius 1 is 0.706 bits per heavy atom. The highest BCUT2D eigenvalue weighted by atomic mass is 16.1. The SMILES string of the molecule is CCCCCCCCC/C=C\C=C\C=CC=O. The topological polar surface area (TPSA) is 17.1 Å². The summed E-state index contributed by atoms with van der Waals surface area (Å²) in [5, 5.41) is 0. The van der Waals surface area contributed by atoms with E-state index in [1.807, 2.05) is 18.2 Å². The quantitative estimate of drug-likeness (QED) is 0.213. The normalized spacial score (nSPS) is 12.1. The fourth-order valence-corrected chi connectivity index (χ4v) is 1.63. The highest BCUT2D eigenvalue weighted by Crippen LogP contribution is 2.08. The van der Waals surface area contributed by atoms with Gasteiger partial charge < -0.3 is 0 Å². The van der Waals surface area contributed by atoms with Gasteiger partial charge in [-0.1, -0.05) is 75.8 Å². The average molecular weight is 234 g/mol. The second kappa shape index (κ2) is 14.9. The molecule has 0 saturated carbocycles. The number of carbonyl (C=O) groups excluding carboxylic acids is 1. The third kappa shape index (κ3) is 14.9. The van der Waals surface area contributed by atoms with Gasteiger partial charge in [0.2, 0.25) is 0 Å². The lowest BCUT2D eigenvalue weighted by Gasteiger charge is -1.98. The zero-order valence-electron chi connectivity index (χ0n) is 11.1. The number of unbranched alkanes of at least 4 members (excludes halogenated alkanes) is 7. The number of rotatable bonds is 11. The Balaban J connectivity index is 3.21. The molecule has 0 amide bonds. The van der Waals surface area contributed by atoms with E-state index < -0.39 is 0 Å². The van der Waals surface area contributed by atoms with Crippen LogP contribution in [0.4, 0.5) is 0 Å². The largest absolute Gasteiger partial charge is 0.299 e. The summed E-state index contributed by atoms with van der Waals surface area (Å²) in [5.41, 5.74) is 0. The minimum absolute atomic E-state index is 0.784. The first-order valence-corrected chi connectivity index (χ1v) is 6.85. The van der Waals surface area contributed by atoms with Crippen molar-refractivity contribution in [1.29, 1.82) is 0 Å². The third-order valence-corrected chi connectivity index (χ3v) is 2.63. The van der Waals surface area contributed by atoms with Gasteiger partial charge in [0.1, 0.15) is 6.29 Å². The Morgan fingerprint density at radius 3 is 2.00 bits per heavy atom. The van der Waals surface area contributed by atoms with Crippen LogP contribution in [0, 0.1) is 0 Å². The van der Waals surface area contributed by atoms with Crippen LogP contribution < -0.4 is 0 Å². The van der Waals surface area contributed by atoms with Crippen LogP contribution in [0.5, 0.6) is 0 Å². The predicted molar refractivity (Wildman–Crippen MR) is 76.1 cm³/mol. The Morgan fingerprint density at radius 2 is 1.29 bits per heavy atom. The molecular formula is C16H26O. The van der Waals surface area contributed by atoms with Crippen LogP contribution in [0.25, 0.3) is 0 Å². The summed E-state index contributed by atoms with van der Waals surface area (Å²) in [4.78, 5) is 9.97. The van der Waals surface area contributed by atoms with E-state index in [-0.39, 0.29) is 0 Å². The second-order valence-electron chi connectivity index (χ2n) is 4.24. The van der Waals surface area contributed by atoms with Crippen LogP contribution in [0.15, 0.2) is 36.5 Å². The summed E-state index contributed by atoms with van der Waals surface area (Å²) in [6.07, 6.45) is 22.8. The van der Waals surface area contributed by atoms with Gasteiger partial charge in [0.05, 0.1) is 0 Å². The zero-order chi connectivity index (χ0) is 12.6. The maximum absolute atomic E-state index is 9.97. The van der Waals surface area contributed by atoms with E-state index in [0.29, 0.717) is 0 Å². The van der Waals surface area contributed by atoms with Gasteiger partial charge in [0.25, 0.3) is 0 Å². The highest BCUT2D eigenvalue weighted by Gasteiger charge is 1.88. The van der Waals surface area contributed by atoms with E-state index in [2.05, 4.69) is 13.0 Å². The van der Waals surface area contributed by atoms with Crippen LogP contribution in [0.2, 0.25) is 0 Å². The van der Waals surface area contributed by atoms with Crippen molar-refractivity contribution in [1.82, 2.24) is 0 Å². The first-order chi connectivity index (χ1) is 8.41. The van der Waals surface area contributed by atoms with Gasteiger partial charge in [0.15, 0.2) is 0 Å². The van der Waals surface area contributed by atoms with Gasteiger partial charge in [0, 0.05) is 0 Å². The molecule has 0 heterocycles. The monoisotopic (exact) mass is 234 g/mol. The Labute approximate surface area is 106 Å². The molecule has 0 unspecified atom stereocenters. The van der Waals surface area contributed by atoms with Gasteiger partial charge in [-0.15, -0.1) is 0 Å².